The molecule has 4 nitrogen and oxygen atoms in total. The van der Waals surface area contributed by atoms with Crippen LogP contribution < -0.4 is 11.1 Å². The highest BCUT2D eigenvalue weighted by Gasteiger charge is 2.31. The summed E-state index contributed by atoms with van der Waals surface area (Å²) in [6.45, 7) is 0. The summed E-state index contributed by atoms with van der Waals surface area (Å²) >= 11 is 0. The third kappa shape index (κ3) is 2.76. The number of aliphatic hydroxyl groups excluding tert-OH is 1. The number of carbonyl (C=O) groups is 1. The number of hydrogen-bond donors (Lipinski definition) is 3. The first-order chi connectivity index (χ1) is 10.1. The van der Waals surface area contributed by atoms with Crippen LogP contribution in [-0.4, -0.2) is 17.1 Å². The normalized spacial score (nSPS) is 20.0. The summed E-state index contributed by atoms with van der Waals surface area (Å²) in [5, 5.41) is 13.1. The number of amides is 1. The molecule has 0 fully saturated rings. The zero-order chi connectivity index (χ0) is 14.8. The third-order valence-electron chi connectivity index (χ3n) is 3.93. The molecule has 2 aromatic rings. The maximum Gasteiger partial charge on any atom is 0.225 e. The van der Waals surface area contributed by atoms with E-state index in [1.807, 2.05) is 42.5 Å². The second-order valence-electron chi connectivity index (χ2n) is 5.39. The molecule has 0 radical (unpaired) electrons. The Kier molecular flexibility index (Phi) is 3.62. The molecule has 0 heterocycles. The van der Waals surface area contributed by atoms with Crippen LogP contribution in [0.25, 0.3) is 0 Å². The number of nitrogens with one attached hydrogen (secondary N) is 1. The van der Waals surface area contributed by atoms with Crippen LogP contribution in [0.15, 0.2) is 48.5 Å². The molecule has 4 heteroatoms. The van der Waals surface area contributed by atoms with Crippen LogP contribution in [0.1, 0.15) is 22.7 Å². The first-order valence-electron chi connectivity index (χ1n) is 7.04. The Morgan fingerprint density at radius 1 is 1.19 bits per heavy atom. The fourth-order valence-electron chi connectivity index (χ4n) is 2.84. The summed E-state index contributed by atoms with van der Waals surface area (Å²) in [6.07, 6.45) is 0.228. The van der Waals surface area contributed by atoms with Crippen molar-refractivity contribution in [1.29, 1.82) is 0 Å². The van der Waals surface area contributed by atoms with E-state index < -0.39 is 6.10 Å². The fourth-order valence-corrected chi connectivity index (χ4v) is 2.84. The lowest BCUT2D eigenvalue weighted by atomic mass is 10.1. The van der Waals surface area contributed by atoms with E-state index >= 15 is 0 Å². The molecule has 0 spiro atoms. The molecule has 1 aliphatic rings. The van der Waals surface area contributed by atoms with Crippen molar-refractivity contribution in [3.05, 3.63) is 65.2 Å². The summed E-state index contributed by atoms with van der Waals surface area (Å²) in [6, 6.07) is 14.8. The van der Waals surface area contributed by atoms with E-state index in [1.165, 1.54) is 0 Å². The van der Waals surface area contributed by atoms with Crippen LogP contribution >= 0.6 is 0 Å². The number of fused-ring (bicyclic) bond motifs is 1. The number of hydrogen-bond acceptors (Lipinski definition) is 3. The average molecular weight is 282 g/mol. The van der Waals surface area contributed by atoms with Gasteiger partial charge in [0.1, 0.15) is 0 Å². The van der Waals surface area contributed by atoms with Gasteiger partial charge in [0.05, 0.1) is 18.6 Å². The van der Waals surface area contributed by atoms with E-state index in [-0.39, 0.29) is 18.4 Å². The number of nitrogen functional groups attached to an aromatic ring is 1. The van der Waals surface area contributed by atoms with Gasteiger partial charge in [0, 0.05) is 12.1 Å². The molecule has 0 saturated heterocycles. The van der Waals surface area contributed by atoms with Gasteiger partial charge in [0.15, 0.2) is 0 Å². The van der Waals surface area contributed by atoms with Crippen molar-refractivity contribution in [3.63, 3.8) is 0 Å². The van der Waals surface area contributed by atoms with Gasteiger partial charge < -0.3 is 16.2 Å². The van der Waals surface area contributed by atoms with Crippen molar-refractivity contribution in [2.45, 2.75) is 25.0 Å². The molecule has 0 unspecified atom stereocenters. The SMILES string of the molecule is Nc1ccccc1CC(=O)N[C@@H]1c2ccccc2C[C@@H]1O. The molecule has 4 N–H and O–H groups in total. The molecule has 2 aromatic carbocycles. The van der Waals surface area contributed by atoms with E-state index in [4.69, 9.17) is 5.73 Å². The Morgan fingerprint density at radius 3 is 2.71 bits per heavy atom. The van der Waals surface area contributed by atoms with Crippen LogP contribution in [0.2, 0.25) is 0 Å². The molecule has 1 amide bonds. The van der Waals surface area contributed by atoms with Gasteiger partial charge in [-0.05, 0) is 22.8 Å². The molecule has 21 heavy (non-hydrogen) atoms. The van der Waals surface area contributed by atoms with Crippen LogP contribution in [0, 0.1) is 0 Å². The summed E-state index contributed by atoms with van der Waals surface area (Å²) in [7, 11) is 0. The summed E-state index contributed by atoms with van der Waals surface area (Å²) in [5.74, 6) is -0.131. The summed E-state index contributed by atoms with van der Waals surface area (Å²) < 4.78 is 0. The minimum Gasteiger partial charge on any atom is -0.398 e. The fraction of sp³-hybridized carbons (Fsp3) is 0.235. The average Bonchev–Trinajstić information content (AvgIpc) is 2.78. The summed E-state index contributed by atoms with van der Waals surface area (Å²) in [4.78, 5) is 12.2. The van der Waals surface area contributed by atoms with Crippen molar-refractivity contribution >= 4 is 11.6 Å². The maximum absolute atomic E-state index is 12.2. The Hall–Kier alpha value is -2.33. The molecule has 108 valence electrons. The molecule has 0 saturated carbocycles. The van der Waals surface area contributed by atoms with Gasteiger partial charge in [0.2, 0.25) is 5.91 Å². The van der Waals surface area contributed by atoms with Gasteiger partial charge in [0.25, 0.3) is 0 Å². The minimum atomic E-state index is -0.570. The Bertz CT molecular complexity index is 669. The van der Waals surface area contributed by atoms with Crippen LogP contribution in [0.3, 0.4) is 0 Å². The number of anilines is 1. The van der Waals surface area contributed by atoms with Gasteiger partial charge in [-0.1, -0.05) is 42.5 Å². The molecule has 1 aliphatic carbocycles. The zero-order valence-corrected chi connectivity index (χ0v) is 11.6. The highest BCUT2D eigenvalue weighted by atomic mass is 16.3. The van der Waals surface area contributed by atoms with Crippen molar-refractivity contribution < 1.29 is 9.90 Å². The first-order valence-corrected chi connectivity index (χ1v) is 7.04. The standard InChI is InChI=1S/C17H18N2O2/c18-14-8-4-2-6-12(14)10-16(21)19-17-13-7-3-1-5-11(13)9-15(17)20/h1-8,15,17,20H,9-10,18H2,(H,19,21)/t15-,17+/m0/s1. The Morgan fingerprint density at radius 2 is 1.90 bits per heavy atom. The van der Waals surface area contributed by atoms with Crippen molar-refractivity contribution in [2.75, 3.05) is 5.73 Å². The first kappa shape index (κ1) is 13.6. The van der Waals surface area contributed by atoms with Gasteiger partial charge in [-0.3, -0.25) is 4.79 Å². The number of rotatable bonds is 3. The van der Waals surface area contributed by atoms with Gasteiger partial charge in [-0.15, -0.1) is 0 Å². The highest BCUT2D eigenvalue weighted by molar-refractivity contribution is 5.80. The van der Waals surface area contributed by atoms with Crippen molar-refractivity contribution in [2.24, 2.45) is 0 Å². The molecule has 2 atom stereocenters. The number of benzene rings is 2. The van der Waals surface area contributed by atoms with E-state index in [1.54, 1.807) is 6.07 Å². The van der Waals surface area contributed by atoms with E-state index in [0.29, 0.717) is 12.1 Å². The minimum absolute atomic E-state index is 0.131. The smallest absolute Gasteiger partial charge is 0.225 e. The maximum atomic E-state index is 12.2. The predicted octanol–water partition coefficient (Wildman–Crippen LogP) is 1.59. The molecular weight excluding hydrogens is 264 g/mol. The largest absolute Gasteiger partial charge is 0.398 e. The highest BCUT2D eigenvalue weighted by Crippen LogP contribution is 2.31. The summed E-state index contributed by atoms with van der Waals surface area (Å²) in [5.41, 5.74) is 9.36. The quantitative estimate of drug-likeness (QED) is 0.748. The number of carbonyl (C=O) groups excluding carboxylic acids is 1. The van der Waals surface area contributed by atoms with Crippen LogP contribution in [0.4, 0.5) is 5.69 Å². The zero-order valence-electron chi connectivity index (χ0n) is 11.6. The topological polar surface area (TPSA) is 75.4 Å². The van der Waals surface area contributed by atoms with Crippen LogP contribution in [-0.2, 0) is 17.6 Å². The molecule has 0 bridgehead atoms. The lowest BCUT2D eigenvalue weighted by molar-refractivity contribution is -0.121. The van der Waals surface area contributed by atoms with E-state index in [0.717, 1.165) is 16.7 Å². The van der Waals surface area contributed by atoms with Gasteiger partial charge >= 0.3 is 0 Å². The number of aliphatic hydroxyl groups is 1. The second kappa shape index (κ2) is 5.58. The van der Waals surface area contributed by atoms with E-state index in [2.05, 4.69) is 5.32 Å². The predicted molar refractivity (Wildman–Crippen MR) is 81.6 cm³/mol. The lowest BCUT2D eigenvalue weighted by Gasteiger charge is -2.18. The van der Waals surface area contributed by atoms with Gasteiger partial charge in [-0.2, -0.15) is 0 Å². The van der Waals surface area contributed by atoms with Crippen molar-refractivity contribution in [1.82, 2.24) is 5.32 Å². The molecule has 0 aromatic heterocycles. The number of para-hydroxylation sites is 1. The molecular formula is C17H18N2O2. The Balaban J connectivity index is 1.72. The van der Waals surface area contributed by atoms with Crippen molar-refractivity contribution in [3.8, 4) is 0 Å². The Labute approximate surface area is 123 Å². The molecule has 0 aliphatic heterocycles. The lowest BCUT2D eigenvalue weighted by Crippen LogP contribution is -2.34. The molecule has 3 rings (SSSR count). The number of nitrogens with two attached hydrogens (primary N) is 1. The second-order valence-corrected chi connectivity index (χ2v) is 5.39. The van der Waals surface area contributed by atoms with Gasteiger partial charge in [-0.25, -0.2) is 0 Å². The monoisotopic (exact) mass is 282 g/mol. The van der Waals surface area contributed by atoms with E-state index in [9.17, 15) is 9.90 Å². The third-order valence-corrected chi connectivity index (χ3v) is 3.93. The van der Waals surface area contributed by atoms with Crippen LogP contribution in [0.5, 0.6) is 0 Å².